The normalized spacial score (nSPS) is 20.9. The molecule has 0 saturated heterocycles. The van der Waals surface area contributed by atoms with E-state index in [-0.39, 0.29) is 0 Å². The third-order valence-corrected chi connectivity index (χ3v) is 4.70. The molecule has 0 unspecified atom stereocenters. The molecular weight excluding hydrogens is 238 g/mol. The van der Waals surface area contributed by atoms with Crippen LogP contribution in [0.3, 0.4) is 0 Å². The monoisotopic (exact) mass is 261 g/mol. The van der Waals surface area contributed by atoms with Gasteiger partial charge in [-0.1, -0.05) is 19.3 Å². The summed E-state index contributed by atoms with van der Waals surface area (Å²) in [6.45, 7) is 0.954. The lowest BCUT2D eigenvalue weighted by molar-refractivity contribution is 0.215. The second-order valence-electron chi connectivity index (χ2n) is 5.85. The van der Waals surface area contributed by atoms with Crippen molar-refractivity contribution in [3.63, 3.8) is 0 Å². The number of methoxy groups -OCH3 is 2. The highest BCUT2D eigenvalue weighted by atomic mass is 16.5. The molecule has 1 aliphatic heterocycles. The average molecular weight is 261 g/mol. The van der Waals surface area contributed by atoms with Crippen LogP contribution < -0.4 is 14.8 Å². The smallest absolute Gasteiger partial charge is 0.161 e. The van der Waals surface area contributed by atoms with Gasteiger partial charge in [-0.25, -0.2) is 0 Å². The predicted molar refractivity (Wildman–Crippen MR) is 75.9 cm³/mol. The molecule has 2 aliphatic rings. The number of ether oxygens (including phenoxy) is 2. The van der Waals surface area contributed by atoms with Crippen LogP contribution in [0.15, 0.2) is 12.1 Å². The van der Waals surface area contributed by atoms with Gasteiger partial charge in [0.25, 0.3) is 0 Å². The van der Waals surface area contributed by atoms with Crippen LogP contribution in [-0.4, -0.2) is 19.8 Å². The number of hydrogen-bond donors (Lipinski definition) is 1. The molecule has 1 heterocycles. The molecule has 1 fully saturated rings. The van der Waals surface area contributed by atoms with Crippen LogP contribution in [0.5, 0.6) is 11.5 Å². The standard InChI is InChI=1S/C16H23NO2/c1-18-14-8-12-10-16(6-4-3-5-7-16)17-11-13(12)9-15(14)19-2/h8-9,17H,3-7,10-11H2,1-2H3. The Morgan fingerprint density at radius 3 is 2.21 bits per heavy atom. The van der Waals surface area contributed by atoms with E-state index in [1.807, 2.05) is 0 Å². The predicted octanol–water partition coefficient (Wildman–Crippen LogP) is 3.05. The van der Waals surface area contributed by atoms with Crippen LogP contribution in [0.25, 0.3) is 0 Å². The van der Waals surface area contributed by atoms with Gasteiger partial charge in [0.2, 0.25) is 0 Å². The Labute approximate surface area is 115 Å². The second-order valence-corrected chi connectivity index (χ2v) is 5.85. The van der Waals surface area contributed by atoms with Crippen LogP contribution in [0.4, 0.5) is 0 Å². The Balaban J connectivity index is 1.91. The van der Waals surface area contributed by atoms with Gasteiger partial charge in [0, 0.05) is 12.1 Å². The molecule has 104 valence electrons. The fraction of sp³-hybridized carbons (Fsp3) is 0.625. The maximum absolute atomic E-state index is 5.43. The van der Waals surface area contributed by atoms with Gasteiger partial charge in [0.1, 0.15) is 0 Å². The van der Waals surface area contributed by atoms with Crippen molar-refractivity contribution in [1.29, 1.82) is 0 Å². The van der Waals surface area contributed by atoms with E-state index in [0.29, 0.717) is 5.54 Å². The van der Waals surface area contributed by atoms with E-state index in [4.69, 9.17) is 9.47 Å². The fourth-order valence-electron chi connectivity index (χ4n) is 3.58. The zero-order chi connectivity index (χ0) is 13.3. The maximum atomic E-state index is 5.43. The van der Waals surface area contributed by atoms with Gasteiger partial charge in [-0.15, -0.1) is 0 Å². The van der Waals surface area contributed by atoms with Crippen LogP contribution >= 0.6 is 0 Å². The van der Waals surface area contributed by atoms with Crippen LogP contribution in [-0.2, 0) is 13.0 Å². The van der Waals surface area contributed by atoms with Gasteiger partial charge in [-0.05, 0) is 42.5 Å². The molecule has 0 radical (unpaired) electrons. The molecule has 0 amide bonds. The van der Waals surface area contributed by atoms with Crippen molar-refractivity contribution in [2.45, 2.75) is 50.6 Å². The van der Waals surface area contributed by atoms with Gasteiger partial charge in [-0.2, -0.15) is 0 Å². The SMILES string of the molecule is COc1cc2c(cc1OC)CC1(CCCCC1)NC2. The zero-order valence-corrected chi connectivity index (χ0v) is 11.9. The summed E-state index contributed by atoms with van der Waals surface area (Å²) >= 11 is 0. The van der Waals surface area contributed by atoms with Crippen LogP contribution in [0.1, 0.15) is 43.2 Å². The molecule has 0 bridgehead atoms. The van der Waals surface area contributed by atoms with E-state index in [0.717, 1.165) is 24.5 Å². The number of fused-ring (bicyclic) bond motifs is 1. The number of nitrogens with one attached hydrogen (secondary N) is 1. The summed E-state index contributed by atoms with van der Waals surface area (Å²) in [7, 11) is 3.41. The molecule has 3 heteroatoms. The molecule has 3 nitrogen and oxygen atoms in total. The van der Waals surface area contributed by atoms with Crippen LogP contribution in [0, 0.1) is 0 Å². The first kappa shape index (κ1) is 12.8. The molecule has 0 atom stereocenters. The second kappa shape index (κ2) is 5.04. The van der Waals surface area contributed by atoms with Crippen LogP contribution in [0.2, 0.25) is 0 Å². The molecule has 1 aromatic carbocycles. The molecule has 1 aliphatic carbocycles. The molecule has 1 spiro atoms. The Bertz CT molecular complexity index is 464. The minimum Gasteiger partial charge on any atom is -0.493 e. The van der Waals surface area contributed by atoms with Crippen molar-refractivity contribution in [1.82, 2.24) is 5.32 Å². The van der Waals surface area contributed by atoms with Crippen molar-refractivity contribution in [3.05, 3.63) is 23.3 Å². The molecular formula is C16H23NO2. The Kier molecular flexibility index (Phi) is 3.40. The molecule has 1 saturated carbocycles. The van der Waals surface area contributed by atoms with E-state index in [1.165, 1.54) is 43.2 Å². The quantitative estimate of drug-likeness (QED) is 0.887. The third-order valence-electron chi connectivity index (χ3n) is 4.70. The maximum Gasteiger partial charge on any atom is 0.161 e. The first-order chi connectivity index (χ1) is 9.26. The first-order valence-corrected chi connectivity index (χ1v) is 7.25. The largest absolute Gasteiger partial charge is 0.493 e. The first-order valence-electron chi connectivity index (χ1n) is 7.25. The van der Waals surface area contributed by atoms with E-state index in [2.05, 4.69) is 17.4 Å². The van der Waals surface area contributed by atoms with Crippen molar-refractivity contribution in [3.8, 4) is 11.5 Å². The van der Waals surface area contributed by atoms with Gasteiger partial charge in [0.15, 0.2) is 11.5 Å². The fourth-order valence-corrected chi connectivity index (χ4v) is 3.58. The van der Waals surface area contributed by atoms with E-state index >= 15 is 0 Å². The minimum absolute atomic E-state index is 0.338. The summed E-state index contributed by atoms with van der Waals surface area (Å²) in [4.78, 5) is 0. The lowest BCUT2D eigenvalue weighted by Crippen LogP contribution is -2.50. The Hall–Kier alpha value is -1.22. The summed E-state index contributed by atoms with van der Waals surface area (Å²) in [5.41, 5.74) is 3.12. The van der Waals surface area contributed by atoms with Crippen molar-refractivity contribution >= 4 is 0 Å². The lowest BCUT2D eigenvalue weighted by atomic mass is 9.74. The molecule has 1 aromatic rings. The van der Waals surface area contributed by atoms with Crippen molar-refractivity contribution in [2.24, 2.45) is 0 Å². The summed E-state index contributed by atoms with van der Waals surface area (Å²) in [6, 6.07) is 4.29. The highest BCUT2D eigenvalue weighted by Crippen LogP contribution is 2.39. The zero-order valence-electron chi connectivity index (χ0n) is 11.9. The van der Waals surface area contributed by atoms with Gasteiger partial charge in [-0.3, -0.25) is 0 Å². The van der Waals surface area contributed by atoms with E-state index in [9.17, 15) is 0 Å². The van der Waals surface area contributed by atoms with Gasteiger partial charge in [0.05, 0.1) is 14.2 Å². The lowest BCUT2D eigenvalue weighted by Gasteiger charge is -2.42. The molecule has 0 aromatic heterocycles. The Morgan fingerprint density at radius 2 is 1.58 bits per heavy atom. The summed E-state index contributed by atoms with van der Waals surface area (Å²) in [6.07, 6.45) is 7.84. The molecule has 19 heavy (non-hydrogen) atoms. The number of rotatable bonds is 2. The number of benzene rings is 1. The Morgan fingerprint density at radius 1 is 0.947 bits per heavy atom. The summed E-state index contributed by atoms with van der Waals surface area (Å²) in [5, 5.41) is 3.78. The van der Waals surface area contributed by atoms with E-state index < -0.39 is 0 Å². The minimum atomic E-state index is 0.338. The third kappa shape index (κ3) is 2.32. The average Bonchev–Trinajstić information content (AvgIpc) is 2.46. The molecule has 1 N–H and O–H groups in total. The van der Waals surface area contributed by atoms with Gasteiger partial charge >= 0.3 is 0 Å². The number of hydrogen-bond acceptors (Lipinski definition) is 3. The highest BCUT2D eigenvalue weighted by Gasteiger charge is 2.35. The topological polar surface area (TPSA) is 30.5 Å². The van der Waals surface area contributed by atoms with Crippen molar-refractivity contribution in [2.75, 3.05) is 14.2 Å². The highest BCUT2D eigenvalue weighted by molar-refractivity contribution is 5.49. The summed E-state index contributed by atoms with van der Waals surface area (Å²) < 4.78 is 10.8. The van der Waals surface area contributed by atoms with Gasteiger partial charge < -0.3 is 14.8 Å². The van der Waals surface area contributed by atoms with E-state index in [1.54, 1.807) is 14.2 Å². The van der Waals surface area contributed by atoms with Crippen molar-refractivity contribution < 1.29 is 9.47 Å². The molecule has 3 rings (SSSR count). The summed E-state index contributed by atoms with van der Waals surface area (Å²) in [5.74, 6) is 1.69.